The number of halogens is 6. The molecule has 0 aliphatic carbocycles. The van der Waals surface area contributed by atoms with Crippen molar-refractivity contribution < 1.29 is 50.9 Å². The minimum Gasteiger partial charge on any atom is -0.475 e. The first-order valence-corrected chi connectivity index (χ1v) is 11.6. The highest BCUT2D eigenvalue weighted by Crippen LogP contribution is 2.17. The Bertz CT molecular complexity index is 1180. The van der Waals surface area contributed by atoms with E-state index in [2.05, 4.69) is 41.9 Å². The van der Waals surface area contributed by atoms with Crippen LogP contribution in [-0.2, 0) is 9.59 Å². The molecule has 2 amide bonds. The van der Waals surface area contributed by atoms with Crippen molar-refractivity contribution in [1.82, 2.24) is 10.6 Å². The molecule has 228 valence electrons. The van der Waals surface area contributed by atoms with Crippen LogP contribution in [0.5, 0.6) is 0 Å². The van der Waals surface area contributed by atoms with E-state index in [9.17, 15) is 31.1 Å². The van der Waals surface area contributed by atoms with E-state index in [4.69, 9.17) is 19.8 Å². The molecule has 2 aromatic rings. The second-order valence-electron chi connectivity index (χ2n) is 7.90. The lowest BCUT2D eigenvalue weighted by atomic mass is 10.2. The van der Waals surface area contributed by atoms with Gasteiger partial charge in [-0.3, -0.25) is 9.98 Å². The number of aliphatic carboxylic acids is 2. The van der Waals surface area contributed by atoms with Crippen LogP contribution in [0.2, 0.25) is 0 Å². The predicted octanol–water partition coefficient (Wildman–Crippen LogP) is 3.34. The molecule has 4 rings (SSSR count). The van der Waals surface area contributed by atoms with Crippen molar-refractivity contribution in [3.63, 3.8) is 0 Å². The number of alkyl halides is 6. The lowest BCUT2D eigenvalue weighted by molar-refractivity contribution is -0.193. The number of urea groups is 1. The molecule has 8 N–H and O–H groups in total. The Morgan fingerprint density at radius 1 is 0.619 bits per heavy atom. The molecule has 0 aromatic heterocycles. The minimum absolute atomic E-state index is 0.301. The first kappa shape index (κ1) is 33.0. The number of carbonyl (C=O) groups is 3. The largest absolute Gasteiger partial charge is 0.490 e. The maximum atomic E-state index is 12.2. The Labute approximate surface area is 233 Å². The van der Waals surface area contributed by atoms with Crippen molar-refractivity contribution in [3.8, 4) is 0 Å². The maximum Gasteiger partial charge on any atom is 0.490 e. The normalized spacial score (nSPS) is 13.8. The number of rotatable bonds is 4. The molecule has 0 bridgehead atoms. The maximum absolute atomic E-state index is 12.2. The molecule has 0 fully saturated rings. The van der Waals surface area contributed by atoms with Crippen LogP contribution in [0.25, 0.3) is 0 Å². The van der Waals surface area contributed by atoms with Crippen LogP contribution in [0.3, 0.4) is 0 Å². The lowest BCUT2D eigenvalue weighted by Crippen LogP contribution is -2.26. The van der Waals surface area contributed by atoms with E-state index in [1.807, 2.05) is 48.5 Å². The topological polar surface area (TPSA) is 189 Å². The molecule has 2 heterocycles. The molecule has 0 spiro atoms. The summed E-state index contributed by atoms with van der Waals surface area (Å²) in [5.74, 6) is -3.97. The number of carboxylic acids is 2. The van der Waals surface area contributed by atoms with Gasteiger partial charge >= 0.3 is 30.3 Å². The average molecular weight is 606 g/mol. The fourth-order valence-corrected chi connectivity index (χ4v) is 2.80. The second-order valence-corrected chi connectivity index (χ2v) is 7.90. The molecule has 0 radical (unpaired) electrons. The van der Waals surface area contributed by atoms with Crippen molar-refractivity contribution in [1.29, 1.82) is 0 Å². The number of nitrogens with one attached hydrogen (secondary N) is 6. The number of carboxylic acid groups (broad SMARTS) is 2. The van der Waals surface area contributed by atoms with E-state index in [1.54, 1.807) is 0 Å². The highest BCUT2D eigenvalue weighted by Gasteiger charge is 2.38. The van der Waals surface area contributed by atoms with Gasteiger partial charge in [0.1, 0.15) is 0 Å². The molecule has 42 heavy (non-hydrogen) atoms. The standard InChI is InChI=1S/C19H22N8O.2C2HF3O2/c28-19(26-15-5-1-13(2-6-15)24-17-20-9-10-21-17)27-16-7-3-14(4-8-16)25-18-22-11-12-23-18;2*3-2(4,5)1(6)7/h1-8H,9-12H2,(H2,20,21,24)(H2,22,23,25)(H2,26,27,28);2*(H,6,7). The summed E-state index contributed by atoms with van der Waals surface area (Å²) in [5, 5.41) is 32.5. The summed E-state index contributed by atoms with van der Waals surface area (Å²) >= 11 is 0. The predicted molar refractivity (Wildman–Crippen MR) is 141 cm³/mol. The van der Waals surface area contributed by atoms with Gasteiger partial charge in [0.2, 0.25) is 0 Å². The van der Waals surface area contributed by atoms with E-state index in [1.165, 1.54) is 0 Å². The van der Waals surface area contributed by atoms with Crippen LogP contribution < -0.4 is 31.9 Å². The first-order valence-electron chi connectivity index (χ1n) is 11.6. The Hall–Kier alpha value is -5.23. The molecular weight excluding hydrogens is 582 g/mol. The van der Waals surface area contributed by atoms with E-state index in [-0.39, 0.29) is 6.03 Å². The summed E-state index contributed by atoms with van der Waals surface area (Å²) in [5.41, 5.74) is 3.22. The Morgan fingerprint density at radius 3 is 1.14 bits per heavy atom. The molecule has 2 aromatic carbocycles. The summed E-state index contributed by atoms with van der Waals surface area (Å²) in [4.78, 5) is 38.6. The van der Waals surface area contributed by atoms with Crippen LogP contribution in [-0.4, -0.2) is 78.6 Å². The average Bonchev–Trinajstić information content (AvgIpc) is 3.61. The van der Waals surface area contributed by atoms with E-state index in [0.717, 1.165) is 49.5 Å². The lowest BCUT2D eigenvalue weighted by Gasteiger charge is -2.11. The number of carbonyl (C=O) groups excluding carboxylic acids is 1. The third-order valence-corrected chi connectivity index (χ3v) is 4.64. The van der Waals surface area contributed by atoms with Crippen molar-refractivity contribution in [2.75, 3.05) is 47.4 Å². The monoisotopic (exact) mass is 606 g/mol. The molecule has 0 atom stereocenters. The number of aliphatic imine (C=N–C) groups is 2. The Balaban J connectivity index is 0.000000367. The van der Waals surface area contributed by atoms with Gasteiger partial charge in [-0.25, -0.2) is 14.4 Å². The van der Waals surface area contributed by atoms with Crippen LogP contribution in [0.15, 0.2) is 58.5 Å². The van der Waals surface area contributed by atoms with Gasteiger partial charge in [0, 0.05) is 35.8 Å². The van der Waals surface area contributed by atoms with Gasteiger partial charge in [0.15, 0.2) is 11.9 Å². The number of benzene rings is 2. The minimum atomic E-state index is -5.08. The van der Waals surface area contributed by atoms with Crippen molar-refractivity contribution >= 4 is 52.6 Å². The Morgan fingerprint density at radius 2 is 0.905 bits per heavy atom. The van der Waals surface area contributed by atoms with E-state index >= 15 is 0 Å². The second kappa shape index (κ2) is 15.0. The number of anilines is 4. The summed E-state index contributed by atoms with van der Waals surface area (Å²) in [6.45, 7) is 3.27. The molecule has 0 saturated carbocycles. The molecule has 13 nitrogen and oxygen atoms in total. The van der Waals surface area contributed by atoms with Crippen LogP contribution >= 0.6 is 0 Å². The zero-order valence-corrected chi connectivity index (χ0v) is 21.2. The number of amides is 2. The fraction of sp³-hybridized carbons (Fsp3) is 0.261. The zero-order valence-electron chi connectivity index (χ0n) is 21.2. The summed E-state index contributed by atoms with van der Waals surface area (Å²) in [6.07, 6.45) is -10.2. The van der Waals surface area contributed by atoms with Gasteiger partial charge < -0.3 is 42.1 Å². The van der Waals surface area contributed by atoms with Gasteiger partial charge in [-0.15, -0.1) is 0 Å². The number of guanidine groups is 2. The molecule has 2 aliphatic heterocycles. The van der Waals surface area contributed by atoms with Gasteiger partial charge in [-0.1, -0.05) is 0 Å². The number of hydrogen-bond donors (Lipinski definition) is 8. The third-order valence-electron chi connectivity index (χ3n) is 4.64. The number of hydrogen-bond acceptors (Lipinski definition) is 9. The highest BCUT2D eigenvalue weighted by atomic mass is 19.4. The fourth-order valence-electron chi connectivity index (χ4n) is 2.80. The quantitative estimate of drug-likeness (QED) is 0.242. The van der Waals surface area contributed by atoms with Gasteiger partial charge in [0.25, 0.3) is 0 Å². The Kier molecular flexibility index (Phi) is 11.7. The smallest absolute Gasteiger partial charge is 0.475 e. The van der Waals surface area contributed by atoms with Crippen LogP contribution in [0.1, 0.15) is 0 Å². The highest BCUT2D eigenvalue weighted by molar-refractivity contribution is 6.00. The summed E-state index contributed by atoms with van der Waals surface area (Å²) < 4.78 is 63.5. The summed E-state index contributed by atoms with van der Waals surface area (Å²) in [6, 6.07) is 14.6. The molecular formula is C23H24F6N8O5. The van der Waals surface area contributed by atoms with Gasteiger partial charge in [-0.05, 0) is 48.5 Å². The van der Waals surface area contributed by atoms with Crippen molar-refractivity contribution in [2.45, 2.75) is 12.4 Å². The van der Waals surface area contributed by atoms with Crippen molar-refractivity contribution in [2.24, 2.45) is 9.98 Å². The molecule has 0 saturated heterocycles. The molecule has 19 heteroatoms. The van der Waals surface area contributed by atoms with Crippen molar-refractivity contribution in [3.05, 3.63) is 48.5 Å². The van der Waals surface area contributed by atoms with E-state index in [0.29, 0.717) is 11.4 Å². The SMILES string of the molecule is O=C(Nc1ccc(NC2=NCCN2)cc1)Nc1ccc(NC2=NCCN2)cc1.O=C(O)C(F)(F)F.O=C(O)C(F)(F)F. The third kappa shape index (κ3) is 12.3. The van der Waals surface area contributed by atoms with Gasteiger partial charge in [-0.2, -0.15) is 26.3 Å². The van der Waals surface area contributed by atoms with Gasteiger partial charge in [0.05, 0.1) is 13.1 Å². The first-order chi connectivity index (χ1) is 19.6. The van der Waals surface area contributed by atoms with Crippen LogP contribution in [0, 0.1) is 0 Å². The zero-order chi connectivity index (χ0) is 31.3. The van der Waals surface area contributed by atoms with E-state index < -0.39 is 24.3 Å². The molecule has 2 aliphatic rings. The number of nitrogens with zero attached hydrogens (tertiary/aromatic N) is 2. The van der Waals surface area contributed by atoms with Crippen LogP contribution in [0.4, 0.5) is 53.9 Å². The summed E-state index contributed by atoms with van der Waals surface area (Å²) in [7, 11) is 0. The molecule has 0 unspecified atom stereocenters.